The highest BCUT2D eigenvalue weighted by atomic mass is 79.9. The molecule has 0 amide bonds. The summed E-state index contributed by atoms with van der Waals surface area (Å²) in [6.07, 6.45) is 1.58. The molecule has 0 aliphatic carbocycles. The van der Waals surface area contributed by atoms with E-state index in [0.29, 0.717) is 11.0 Å². The Balaban J connectivity index is 2.16. The maximum atomic E-state index is 11.2. The van der Waals surface area contributed by atoms with Gasteiger partial charge in [0.05, 0.1) is 22.2 Å². The van der Waals surface area contributed by atoms with Crippen LogP contribution in [-0.2, 0) is 16.6 Å². The minimum atomic E-state index is -3.69. The number of hydrogen-bond acceptors (Lipinski definition) is 4. The zero-order chi connectivity index (χ0) is 14.0. The highest BCUT2D eigenvalue weighted by Gasteiger charge is 2.11. The standard InChI is InChI=1S/C11H10Br2N2O3S/c12-8-3-4-18-11(8)6-15-10-2-1-7(5-9(10)13)19(14,16)17/h1-5,15H,6H2,(H2,14,16,17). The van der Waals surface area contributed by atoms with Crippen molar-refractivity contribution in [1.82, 2.24) is 0 Å². The number of rotatable bonds is 4. The molecule has 0 aliphatic rings. The summed E-state index contributed by atoms with van der Waals surface area (Å²) in [4.78, 5) is 0.0594. The van der Waals surface area contributed by atoms with Gasteiger partial charge in [0.25, 0.3) is 0 Å². The third kappa shape index (κ3) is 3.59. The largest absolute Gasteiger partial charge is 0.466 e. The van der Waals surface area contributed by atoms with Gasteiger partial charge in [-0.25, -0.2) is 13.6 Å². The first-order chi connectivity index (χ1) is 8.88. The summed E-state index contributed by atoms with van der Waals surface area (Å²) in [5.41, 5.74) is 0.746. The second-order valence-corrected chi connectivity index (χ2v) is 7.00. The number of sulfonamides is 1. The van der Waals surface area contributed by atoms with Gasteiger partial charge in [0.1, 0.15) is 5.76 Å². The number of furan rings is 1. The molecule has 2 aromatic rings. The van der Waals surface area contributed by atoms with Crippen molar-refractivity contribution >= 4 is 47.6 Å². The number of anilines is 1. The average molecular weight is 410 g/mol. The lowest BCUT2D eigenvalue weighted by Gasteiger charge is -2.08. The second-order valence-electron chi connectivity index (χ2n) is 3.73. The van der Waals surface area contributed by atoms with Gasteiger partial charge >= 0.3 is 0 Å². The van der Waals surface area contributed by atoms with Crippen LogP contribution in [-0.4, -0.2) is 8.42 Å². The van der Waals surface area contributed by atoms with Gasteiger partial charge < -0.3 is 9.73 Å². The molecule has 0 radical (unpaired) electrons. The number of halogens is 2. The molecule has 1 heterocycles. The van der Waals surface area contributed by atoms with Crippen LogP contribution in [0.4, 0.5) is 5.69 Å². The molecule has 2 rings (SSSR count). The molecule has 0 atom stereocenters. The smallest absolute Gasteiger partial charge is 0.238 e. The zero-order valence-electron chi connectivity index (χ0n) is 9.56. The SMILES string of the molecule is NS(=O)(=O)c1ccc(NCc2occc2Br)c(Br)c1. The van der Waals surface area contributed by atoms with Crippen LogP contribution < -0.4 is 10.5 Å². The van der Waals surface area contributed by atoms with Gasteiger partial charge in [0.2, 0.25) is 10.0 Å². The minimum Gasteiger partial charge on any atom is -0.466 e. The van der Waals surface area contributed by atoms with E-state index in [-0.39, 0.29) is 4.90 Å². The molecule has 19 heavy (non-hydrogen) atoms. The minimum absolute atomic E-state index is 0.0594. The van der Waals surface area contributed by atoms with Crippen LogP contribution in [0.5, 0.6) is 0 Å². The molecule has 0 saturated heterocycles. The molecule has 5 nitrogen and oxygen atoms in total. The summed E-state index contributed by atoms with van der Waals surface area (Å²) < 4.78 is 29.2. The topological polar surface area (TPSA) is 85.3 Å². The molecule has 0 bridgehead atoms. The van der Waals surface area contributed by atoms with Crippen molar-refractivity contribution in [3.05, 3.63) is 45.2 Å². The van der Waals surface area contributed by atoms with Crippen LogP contribution in [0.25, 0.3) is 0 Å². The highest BCUT2D eigenvalue weighted by Crippen LogP contribution is 2.26. The maximum Gasteiger partial charge on any atom is 0.238 e. The fourth-order valence-corrected chi connectivity index (χ4v) is 2.99. The van der Waals surface area contributed by atoms with Crippen molar-refractivity contribution in [2.24, 2.45) is 5.14 Å². The number of hydrogen-bond donors (Lipinski definition) is 2. The molecular formula is C11H10Br2N2O3S. The van der Waals surface area contributed by atoms with Crippen molar-refractivity contribution < 1.29 is 12.8 Å². The van der Waals surface area contributed by atoms with Gasteiger partial charge in [-0.2, -0.15) is 0 Å². The number of nitrogens with one attached hydrogen (secondary N) is 1. The van der Waals surface area contributed by atoms with Crippen LogP contribution in [0.3, 0.4) is 0 Å². The maximum absolute atomic E-state index is 11.2. The van der Waals surface area contributed by atoms with Crippen LogP contribution in [0, 0.1) is 0 Å². The molecule has 8 heteroatoms. The fraction of sp³-hybridized carbons (Fsp3) is 0.0909. The molecule has 0 unspecified atom stereocenters. The van der Waals surface area contributed by atoms with Gasteiger partial charge in [-0.15, -0.1) is 0 Å². The van der Waals surface area contributed by atoms with E-state index in [2.05, 4.69) is 37.2 Å². The molecule has 0 fully saturated rings. The lowest BCUT2D eigenvalue weighted by atomic mass is 10.3. The van der Waals surface area contributed by atoms with Crippen LogP contribution in [0.1, 0.15) is 5.76 Å². The van der Waals surface area contributed by atoms with Crippen molar-refractivity contribution in [1.29, 1.82) is 0 Å². The van der Waals surface area contributed by atoms with E-state index in [1.807, 2.05) is 0 Å². The Hall–Kier alpha value is -0.830. The number of primary sulfonamides is 1. The normalized spacial score (nSPS) is 11.5. The second kappa shape index (κ2) is 5.66. The quantitative estimate of drug-likeness (QED) is 0.812. The summed E-state index contributed by atoms with van der Waals surface area (Å²) in [5.74, 6) is 0.752. The third-order valence-corrected chi connectivity index (χ3v) is 4.67. The fourth-order valence-electron chi connectivity index (χ4n) is 1.44. The number of nitrogens with two attached hydrogens (primary N) is 1. The van der Waals surface area contributed by atoms with Crippen molar-refractivity contribution in [2.45, 2.75) is 11.4 Å². The molecule has 0 saturated carbocycles. The van der Waals surface area contributed by atoms with Crippen molar-refractivity contribution in [3.63, 3.8) is 0 Å². The van der Waals surface area contributed by atoms with E-state index in [9.17, 15) is 8.42 Å². The Morgan fingerprint density at radius 3 is 2.47 bits per heavy atom. The molecule has 0 aliphatic heterocycles. The van der Waals surface area contributed by atoms with Crippen molar-refractivity contribution in [3.8, 4) is 0 Å². The van der Waals surface area contributed by atoms with E-state index in [1.54, 1.807) is 18.4 Å². The molecule has 0 spiro atoms. The van der Waals surface area contributed by atoms with Gasteiger partial charge in [-0.05, 0) is 56.1 Å². The third-order valence-electron chi connectivity index (χ3n) is 2.40. The summed E-state index contributed by atoms with van der Waals surface area (Å²) in [6, 6.07) is 6.34. The Morgan fingerprint density at radius 2 is 1.95 bits per heavy atom. The molecular weight excluding hydrogens is 400 g/mol. The van der Waals surface area contributed by atoms with E-state index in [0.717, 1.165) is 15.9 Å². The van der Waals surface area contributed by atoms with Crippen LogP contribution >= 0.6 is 31.9 Å². The van der Waals surface area contributed by atoms with E-state index < -0.39 is 10.0 Å². The van der Waals surface area contributed by atoms with Gasteiger partial charge in [0, 0.05) is 10.2 Å². The predicted octanol–water partition coefficient (Wildman–Crippen LogP) is 3.06. The lowest BCUT2D eigenvalue weighted by molar-refractivity contribution is 0.516. The Bertz CT molecular complexity index is 698. The van der Waals surface area contributed by atoms with Crippen LogP contribution in [0.2, 0.25) is 0 Å². The first-order valence-electron chi connectivity index (χ1n) is 5.16. The Labute approximate surface area is 127 Å². The summed E-state index contributed by atoms with van der Waals surface area (Å²) >= 11 is 6.65. The van der Waals surface area contributed by atoms with E-state index in [4.69, 9.17) is 9.56 Å². The summed E-state index contributed by atoms with van der Waals surface area (Å²) in [7, 11) is -3.69. The average Bonchev–Trinajstić information content (AvgIpc) is 2.72. The zero-order valence-corrected chi connectivity index (χ0v) is 13.5. The van der Waals surface area contributed by atoms with Gasteiger partial charge in [0.15, 0.2) is 0 Å². The summed E-state index contributed by atoms with van der Waals surface area (Å²) in [6.45, 7) is 0.473. The molecule has 1 aromatic heterocycles. The molecule has 1 aromatic carbocycles. The van der Waals surface area contributed by atoms with Crippen molar-refractivity contribution in [2.75, 3.05) is 5.32 Å². The molecule has 102 valence electrons. The number of benzene rings is 1. The molecule has 3 N–H and O–H groups in total. The first-order valence-corrected chi connectivity index (χ1v) is 8.29. The lowest BCUT2D eigenvalue weighted by Crippen LogP contribution is -2.12. The first kappa shape index (κ1) is 14.6. The highest BCUT2D eigenvalue weighted by molar-refractivity contribution is 9.10. The Kier molecular flexibility index (Phi) is 4.34. The monoisotopic (exact) mass is 408 g/mol. The van der Waals surface area contributed by atoms with Gasteiger partial charge in [-0.1, -0.05) is 0 Å². The predicted molar refractivity (Wildman–Crippen MR) is 79.2 cm³/mol. The summed E-state index contributed by atoms with van der Waals surface area (Å²) in [5, 5.41) is 8.19. The Morgan fingerprint density at radius 1 is 1.21 bits per heavy atom. The van der Waals surface area contributed by atoms with Gasteiger partial charge in [-0.3, -0.25) is 0 Å². The van der Waals surface area contributed by atoms with Crippen LogP contribution in [0.15, 0.2) is 48.8 Å². The van der Waals surface area contributed by atoms with E-state index >= 15 is 0 Å². The van der Waals surface area contributed by atoms with E-state index in [1.165, 1.54) is 12.1 Å².